The van der Waals surface area contributed by atoms with Crippen LogP contribution < -0.4 is 0 Å². The van der Waals surface area contributed by atoms with E-state index in [1.807, 2.05) is 0 Å². The average Bonchev–Trinajstić information content (AvgIpc) is 2.36. The highest BCUT2D eigenvalue weighted by Gasteiger charge is 2.28. The van der Waals surface area contributed by atoms with E-state index >= 15 is 0 Å². The number of hydrogen-bond acceptors (Lipinski definition) is 3. The minimum Gasteiger partial charge on any atom is -0.591 e. The second-order valence-corrected chi connectivity index (χ2v) is 7.44. The first-order valence-corrected chi connectivity index (χ1v) is 7.77. The number of hydrogen-bond donors (Lipinski definition) is 0. The molecule has 1 rings (SSSR count). The Hall–Kier alpha value is -0.720. The standard InChI is InChI=1S/C13H17ClF2N2OS/c1-13(2,3)20(19)18-10(5-4-8-14)12-9(15)6-7-11(16)17-12/h6-7H,4-5,8H2,1-3H3. The number of halogens is 3. The van der Waals surface area contributed by atoms with Gasteiger partial charge in [-0.2, -0.15) is 4.39 Å². The molecule has 0 aliphatic rings. The summed E-state index contributed by atoms with van der Waals surface area (Å²) in [6.45, 7) is 5.25. The third-order valence-electron chi connectivity index (χ3n) is 2.35. The van der Waals surface area contributed by atoms with Crippen LogP contribution in [-0.2, 0) is 11.4 Å². The van der Waals surface area contributed by atoms with Crippen LogP contribution in [0.5, 0.6) is 0 Å². The number of rotatable bonds is 5. The van der Waals surface area contributed by atoms with Crippen molar-refractivity contribution in [2.24, 2.45) is 4.40 Å². The number of nitrogens with zero attached hydrogens (tertiary/aromatic N) is 2. The fourth-order valence-electron chi connectivity index (χ4n) is 1.30. The predicted octanol–water partition coefficient (Wildman–Crippen LogP) is 3.63. The molecule has 0 aliphatic carbocycles. The number of aromatic nitrogens is 1. The van der Waals surface area contributed by atoms with Crippen LogP contribution >= 0.6 is 11.6 Å². The van der Waals surface area contributed by atoms with Crippen molar-refractivity contribution in [1.29, 1.82) is 0 Å². The molecule has 112 valence electrons. The molecule has 1 aromatic rings. The van der Waals surface area contributed by atoms with E-state index in [0.29, 0.717) is 18.7 Å². The minimum atomic E-state index is -1.57. The highest BCUT2D eigenvalue weighted by atomic mass is 35.5. The van der Waals surface area contributed by atoms with Gasteiger partial charge in [0.05, 0.1) is 0 Å². The maximum atomic E-state index is 13.8. The maximum Gasteiger partial charge on any atom is 0.213 e. The highest BCUT2D eigenvalue weighted by Crippen LogP contribution is 2.20. The van der Waals surface area contributed by atoms with E-state index in [9.17, 15) is 13.3 Å². The van der Waals surface area contributed by atoms with E-state index in [0.717, 1.165) is 12.1 Å². The van der Waals surface area contributed by atoms with Gasteiger partial charge < -0.3 is 4.55 Å². The van der Waals surface area contributed by atoms with Gasteiger partial charge in [0.2, 0.25) is 5.95 Å². The Morgan fingerprint density at radius 2 is 2.05 bits per heavy atom. The third-order valence-corrected chi connectivity index (χ3v) is 4.05. The monoisotopic (exact) mass is 322 g/mol. The van der Waals surface area contributed by atoms with E-state index in [2.05, 4.69) is 9.38 Å². The Labute approximate surface area is 125 Å². The normalized spacial score (nSPS) is 14.4. The lowest BCUT2D eigenvalue weighted by Gasteiger charge is -2.19. The molecule has 0 amide bonds. The topological polar surface area (TPSA) is 48.3 Å². The van der Waals surface area contributed by atoms with Gasteiger partial charge in [-0.05, 0) is 45.7 Å². The lowest BCUT2D eigenvalue weighted by atomic mass is 10.1. The van der Waals surface area contributed by atoms with E-state index < -0.39 is 27.9 Å². The van der Waals surface area contributed by atoms with Crippen LogP contribution in [0.1, 0.15) is 39.3 Å². The van der Waals surface area contributed by atoms with Crippen molar-refractivity contribution in [3.05, 3.63) is 29.6 Å². The summed E-state index contributed by atoms with van der Waals surface area (Å²) in [5.74, 6) is -1.15. The highest BCUT2D eigenvalue weighted by molar-refractivity contribution is 7.91. The second-order valence-electron chi connectivity index (χ2n) is 5.16. The molecular weight excluding hydrogens is 306 g/mol. The molecule has 1 atom stereocenters. The molecule has 0 radical (unpaired) electrons. The Balaban J connectivity index is 3.18. The molecule has 0 spiro atoms. The van der Waals surface area contributed by atoms with E-state index in [1.54, 1.807) is 20.8 Å². The fourth-order valence-corrected chi connectivity index (χ4v) is 2.08. The molecule has 1 heterocycles. The summed E-state index contributed by atoms with van der Waals surface area (Å²) >= 11 is 4.04. The van der Waals surface area contributed by atoms with Gasteiger partial charge in [-0.3, -0.25) is 0 Å². The molecule has 0 bridgehead atoms. The van der Waals surface area contributed by atoms with Crippen LogP contribution in [0.3, 0.4) is 0 Å². The zero-order valence-corrected chi connectivity index (χ0v) is 13.2. The molecule has 0 fully saturated rings. The molecule has 3 nitrogen and oxygen atoms in total. The molecule has 0 N–H and O–H groups in total. The molecule has 7 heteroatoms. The van der Waals surface area contributed by atoms with Gasteiger partial charge >= 0.3 is 0 Å². The van der Waals surface area contributed by atoms with E-state index in [4.69, 9.17) is 11.6 Å². The quantitative estimate of drug-likeness (QED) is 0.360. The number of pyridine rings is 1. The van der Waals surface area contributed by atoms with Crippen LogP contribution in [-0.4, -0.2) is 25.9 Å². The first kappa shape index (κ1) is 17.3. The van der Waals surface area contributed by atoms with Gasteiger partial charge in [0.1, 0.15) is 27.5 Å². The second kappa shape index (κ2) is 7.33. The lowest BCUT2D eigenvalue weighted by molar-refractivity contribution is 0.555. The first-order valence-electron chi connectivity index (χ1n) is 6.13. The van der Waals surface area contributed by atoms with Crippen molar-refractivity contribution in [2.45, 2.75) is 38.4 Å². The Morgan fingerprint density at radius 1 is 1.40 bits per heavy atom. The Bertz CT molecular complexity index is 492. The summed E-state index contributed by atoms with van der Waals surface area (Å²) in [5.41, 5.74) is -0.0244. The van der Waals surface area contributed by atoms with Gasteiger partial charge in [0, 0.05) is 5.88 Å². The van der Waals surface area contributed by atoms with Gasteiger partial charge in [0.15, 0.2) is 5.82 Å². The summed E-state index contributed by atoms with van der Waals surface area (Å²) in [6.07, 6.45) is 0.804. The van der Waals surface area contributed by atoms with Crippen molar-refractivity contribution in [2.75, 3.05) is 5.88 Å². The fraction of sp³-hybridized carbons (Fsp3) is 0.538. The van der Waals surface area contributed by atoms with Crippen molar-refractivity contribution in [1.82, 2.24) is 4.98 Å². The molecule has 20 heavy (non-hydrogen) atoms. The molecule has 1 unspecified atom stereocenters. The van der Waals surface area contributed by atoms with Gasteiger partial charge in [-0.25, -0.2) is 9.37 Å². The largest absolute Gasteiger partial charge is 0.591 e. The smallest absolute Gasteiger partial charge is 0.213 e. The van der Waals surface area contributed by atoms with Crippen molar-refractivity contribution >= 4 is 28.7 Å². The summed E-state index contributed by atoms with van der Waals surface area (Å²) in [4.78, 5) is 3.51. The minimum absolute atomic E-state index is 0.177. The molecule has 1 aromatic heterocycles. The molecule has 0 saturated carbocycles. The molecule has 0 aliphatic heterocycles. The van der Waals surface area contributed by atoms with Gasteiger partial charge in [-0.15, -0.1) is 11.6 Å². The van der Waals surface area contributed by atoms with Crippen LogP contribution in [0, 0.1) is 11.8 Å². The van der Waals surface area contributed by atoms with E-state index in [1.165, 1.54) is 0 Å². The summed E-state index contributed by atoms with van der Waals surface area (Å²) in [7, 11) is 0. The SMILES string of the molecule is CC(C)(C)[S+]([O-])N=C(CCCCl)c1nc(F)ccc1F. The van der Waals surface area contributed by atoms with Crippen molar-refractivity contribution in [3.8, 4) is 0 Å². The summed E-state index contributed by atoms with van der Waals surface area (Å²) in [5, 5.41) is 0. The van der Waals surface area contributed by atoms with Crippen molar-refractivity contribution in [3.63, 3.8) is 0 Å². The van der Waals surface area contributed by atoms with Crippen LogP contribution in [0.2, 0.25) is 0 Å². The lowest BCUT2D eigenvalue weighted by Crippen LogP contribution is -2.27. The Morgan fingerprint density at radius 3 is 2.60 bits per heavy atom. The number of alkyl halides is 1. The Kier molecular flexibility index (Phi) is 6.36. The molecule has 0 saturated heterocycles. The van der Waals surface area contributed by atoms with Gasteiger partial charge in [0.25, 0.3) is 0 Å². The van der Waals surface area contributed by atoms with E-state index in [-0.39, 0.29) is 11.4 Å². The van der Waals surface area contributed by atoms with Crippen LogP contribution in [0.15, 0.2) is 16.5 Å². The zero-order chi connectivity index (χ0) is 15.3. The third kappa shape index (κ3) is 5.00. The summed E-state index contributed by atoms with van der Waals surface area (Å²) < 4.78 is 42.4. The summed E-state index contributed by atoms with van der Waals surface area (Å²) in [6, 6.07) is 1.91. The zero-order valence-electron chi connectivity index (χ0n) is 11.6. The first-order chi connectivity index (χ1) is 9.25. The predicted molar refractivity (Wildman–Crippen MR) is 78.5 cm³/mol. The van der Waals surface area contributed by atoms with Crippen molar-refractivity contribution < 1.29 is 13.3 Å². The average molecular weight is 323 g/mol. The molecular formula is C13H17ClF2N2OS. The molecule has 0 aromatic carbocycles. The van der Waals surface area contributed by atoms with Crippen LogP contribution in [0.4, 0.5) is 8.78 Å². The maximum absolute atomic E-state index is 13.8. The van der Waals surface area contributed by atoms with Crippen LogP contribution in [0.25, 0.3) is 0 Å². The van der Waals surface area contributed by atoms with Gasteiger partial charge in [-0.1, -0.05) is 4.40 Å².